The molecule has 0 unspecified atom stereocenters. The zero-order chi connectivity index (χ0) is 61.3. The molecule has 0 aliphatic carbocycles. The molecule has 26 heteroatoms. The molecule has 0 radical (unpaired) electrons. The van der Waals surface area contributed by atoms with E-state index in [4.69, 9.17) is 37.7 Å². The van der Waals surface area contributed by atoms with Gasteiger partial charge >= 0.3 is 60.0 Å². The van der Waals surface area contributed by atoms with Gasteiger partial charge in [0, 0.05) is 50.0 Å². The van der Waals surface area contributed by atoms with E-state index < -0.39 is 47.2 Å². The summed E-state index contributed by atoms with van der Waals surface area (Å²) < 4.78 is 146. The van der Waals surface area contributed by atoms with Crippen molar-refractivity contribution in [1.82, 2.24) is 9.80 Å². The molecular weight excluding hydrogens is 1320 g/mol. The summed E-state index contributed by atoms with van der Waals surface area (Å²) in [6, 6.07) is 36.3. The van der Waals surface area contributed by atoms with Crippen LogP contribution < -0.4 is 39.0 Å². The number of esters is 1. The number of aliphatic hydroxyl groups is 1. The van der Waals surface area contributed by atoms with Crippen LogP contribution in [0.4, 0.5) is 44.2 Å². The molecule has 3 N–H and O–H groups in total. The first-order chi connectivity index (χ1) is 40.6. The molecule has 10 rings (SSSR count). The number of hydrogen-bond acceptors (Lipinski definition) is 13. The second kappa shape index (κ2) is 35.4. The monoisotopic (exact) mass is 1380 g/mol. The molecule has 89 heavy (non-hydrogen) atoms. The molecule has 0 spiro atoms. The van der Waals surface area contributed by atoms with E-state index in [0.717, 1.165) is 112 Å². The van der Waals surface area contributed by atoms with Gasteiger partial charge in [0.1, 0.15) is 40.3 Å². The van der Waals surface area contributed by atoms with E-state index in [1.54, 1.807) is 25.1 Å². The Morgan fingerprint density at radius 3 is 1.21 bits per heavy atom. The topological polar surface area (TPSA) is 195 Å². The summed E-state index contributed by atoms with van der Waals surface area (Å²) in [7, 11) is 1.00. The minimum Gasteiger partial charge on any atom is -1.00 e. The van der Waals surface area contributed by atoms with E-state index in [1.165, 1.54) is 65.2 Å². The number of alkyl halides is 9. The van der Waals surface area contributed by atoms with E-state index in [-0.39, 0.29) is 84.1 Å². The van der Waals surface area contributed by atoms with Crippen molar-refractivity contribution in [3.63, 3.8) is 0 Å². The second-order valence-electron chi connectivity index (χ2n) is 19.3. The number of benzene rings is 5. The molecule has 476 valence electrons. The molecule has 5 aromatic carbocycles. The molecule has 0 atom stereocenters. The van der Waals surface area contributed by atoms with Gasteiger partial charge in [-0.25, -0.2) is 9.59 Å². The third-order valence-corrected chi connectivity index (χ3v) is 13.5. The number of halogens is 11. The normalized spacial score (nSPS) is 13.0. The van der Waals surface area contributed by atoms with Gasteiger partial charge in [-0.15, -0.1) is 24.0 Å². The standard InChI is InChI=1S/C26H26F3NO4.C24H22F3NO4.C12H7F3O2.CH4O.FH.HI.Na.H2O.H/c1-2-32-25(31)17-33-22-8-5-18-11-13-30(14-12-20(18)15-22)16-23-9-10-24(34-23)19-3-6-21(7-4-19)26(27,28)29;25-24(26,27)19-4-1-17(2-5-19)22-8-7-21(32-22)14-28-11-9-16-3-6-20(31-15-23(29)30)13-18(16)10-12-28;13-12(14,15)9-3-1-8(2-4-9)11-6-5-10(7-16)17-11;1-2;;;;;/h3-10,15H,2,11-14,16-17H2,1H3;1-8,13H,9-12,14-15H2,(H,29,30);1-7H;2H,1H3;2*1H;;1H2;/q;;;;;;+1;;-1/p-1/i;;;;;;;;1+2. The fourth-order valence-electron chi connectivity index (χ4n) is 9.20. The van der Waals surface area contributed by atoms with Gasteiger partial charge in [-0.2, -0.15) is 39.5 Å². The maximum Gasteiger partial charge on any atom is 1.00 e. The maximum absolute atomic E-state index is 12.8. The van der Waals surface area contributed by atoms with Gasteiger partial charge in [0.25, 0.3) is 0 Å². The molecule has 2 aliphatic rings. The van der Waals surface area contributed by atoms with Gasteiger partial charge in [-0.1, -0.05) is 48.5 Å². The van der Waals surface area contributed by atoms with Crippen LogP contribution in [0, 0.1) is 0 Å². The molecule has 0 amide bonds. The summed E-state index contributed by atoms with van der Waals surface area (Å²) in [6.45, 7) is 6.11. The van der Waals surface area contributed by atoms with Crippen LogP contribution in [0.3, 0.4) is 0 Å². The first-order valence-electron chi connectivity index (χ1n) is 26.6. The fourth-order valence-corrected chi connectivity index (χ4v) is 9.20. The summed E-state index contributed by atoms with van der Waals surface area (Å²) in [4.78, 5) is 37.1. The number of aliphatic carboxylic acids is 1. The van der Waals surface area contributed by atoms with Crippen LogP contribution in [0.2, 0.25) is 0 Å². The number of ether oxygens (including phenoxy) is 3. The minimum absolute atomic E-state index is 0. The Bertz CT molecular complexity index is 3470. The number of hydrogen-bond donors (Lipinski definition) is 2. The third kappa shape index (κ3) is 22.8. The first kappa shape index (κ1) is 76.3. The Balaban J connectivity index is 0.000000462. The number of furan rings is 3. The Morgan fingerprint density at radius 1 is 0.528 bits per heavy atom. The summed E-state index contributed by atoms with van der Waals surface area (Å²) >= 11 is 0. The van der Waals surface area contributed by atoms with Crippen molar-refractivity contribution in [1.29, 1.82) is 0 Å². The van der Waals surface area contributed by atoms with E-state index in [2.05, 4.69) is 9.80 Å². The van der Waals surface area contributed by atoms with Crippen LogP contribution >= 0.6 is 24.0 Å². The molecule has 0 bridgehead atoms. The first-order valence-corrected chi connectivity index (χ1v) is 26.6. The van der Waals surface area contributed by atoms with Crippen LogP contribution in [0.1, 0.15) is 69.4 Å². The number of fused-ring (bicyclic) bond motifs is 2. The van der Waals surface area contributed by atoms with Gasteiger partial charge in [0.15, 0.2) is 25.3 Å². The van der Waals surface area contributed by atoms with Crippen molar-refractivity contribution >= 4 is 42.2 Å². The number of carbonyl (C=O) groups is 3. The smallest absolute Gasteiger partial charge is 1.00 e. The van der Waals surface area contributed by atoms with Gasteiger partial charge in [0.2, 0.25) is 0 Å². The number of rotatable bonds is 15. The number of carboxylic acids is 1. The van der Waals surface area contributed by atoms with Crippen LogP contribution in [0.5, 0.6) is 11.5 Å². The Kier molecular flexibility index (Phi) is 30.4. The minimum atomic E-state index is -4.36. The molecule has 0 saturated heterocycles. The Hall–Kier alpha value is -6.98. The van der Waals surface area contributed by atoms with E-state index in [9.17, 15) is 53.9 Å². The van der Waals surface area contributed by atoms with Crippen molar-refractivity contribution < 1.29 is 133 Å². The molecule has 2 aliphatic heterocycles. The molecule has 8 aromatic rings. The van der Waals surface area contributed by atoms with Gasteiger partial charge < -0.3 is 44.6 Å². The SMILES string of the molecule is CCOC(=O)COc1ccc2c(c1)CCN(Cc1ccc(-c3ccc(C(F)(F)F)cc3)o1)CC2.CO.F.I.O=C(O)COc1ccc2c(c1)CCN(Cc1ccc(-c3ccc(C(F)(F)F)cc3)o1)CC2.O=Cc1ccc(-c2ccc(C(F)(F)F)cc2)o1.[3H-].[Na+].[OH-]. The zero-order valence-corrected chi connectivity index (χ0v) is 52.6. The number of aliphatic hydroxyl groups excluding tert-OH is 1. The predicted octanol–water partition coefficient (Wildman–Crippen LogP) is 11.6. The van der Waals surface area contributed by atoms with Gasteiger partial charge in [-0.3, -0.25) is 19.3 Å². The van der Waals surface area contributed by atoms with Crippen molar-refractivity contribution in [3.8, 4) is 45.5 Å². The van der Waals surface area contributed by atoms with Crippen molar-refractivity contribution in [2.24, 2.45) is 0 Å². The van der Waals surface area contributed by atoms with Crippen LogP contribution in [-0.4, -0.2) is 96.8 Å². The van der Waals surface area contributed by atoms with Crippen molar-refractivity contribution in [2.45, 2.75) is 64.2 Å². The average molecular weight is 1380 g/mol. The molecule has 3 aromatic heterocycles. The largest absolute Gasteiger partial charge is 1.00 e. The fraction of sp³-hybridized carbons (Fsp3) is 0.286. The van der Waals surface area contributed by atoms with Crippen LogP contribution in [0.25, 0.3) is 34.0 Å². The molecule has 0 fully saturated rings. The number of nitrogens with zero attached hydrogens (tertiary/aromatic N) is 2. The second-order valence-corrected chi connectivity index (χ2v) is 19.3. The molecular formula is C63H63F10IN2NaO12-. The number of carbonyl (C=O) groups excluding carboxylic acids is 2. The number of carboxylic acid groups (broad SMARTS) is 1. The average Bonchev–Trinajstić information content (AvgIpc) is 2.26. The van der Waals surface area contributed by atoms with E-state index in [0.29, 0.717) is 71.5 Å². The predicted molar refractivity (Wildman–Crippen MR) is 315 cm³/mol. The van der Waals surface area contributed by atoms with Gasteiger partial charge in [-0.05, 0) is 152 Å². The van der Waals surface area contributed by atoms with Crippen LogP contribution in [0.15, 0.2) is 159 Å². The summed E-state index contributed by atoms with van der Waals surface area (Å²) in [5.41, 5.74) is 4.40. The molecule has 14 nitrogen and oxygen atoms in total. The maximum atomic E-state index is 12.8. The van der Waals surface area contributed by atoms with Crippen LogP contribution in [-0.2, 0) is 71.6 Å². The van der Waals surface area contributed by atoms with Crippen molar-refractivity contribution in [2.75, 3.05) is 53.1 Å². The quantitative estimate of drug-likeness (QED) is 0.0323. The zero-order valence-electron chi connectivity index (χ0n) is 49.3. The van der Waals surface area contributed by atoms with Gasteiger partial charge in [0.05, 0.1) is 36.4 Å². The van der Waals surface area contributed by atoms with Crippen molar-refractivity contribution in [3.05, 3.63) is 202 Å². The molecule has 5 heterocycles. The summed E-state index contributed by atoms with van der Waals surface area (Å²) in [5.74, 6) is 2.88. The Morgan fingerprint density at radius 2 is 0.876 bits per heavy atom. The Labute approximate surface area is 546 Å². The third-order valence-electron chi connectivity index (χ3n) is 13.5. The number of aldehydes is 1. The van der Waals surface area contributed by atoms with E-state index in [1.807, 2.05) is 42.5 Å². The van der Waals surface area contributed by atoms with E-state index >= 15 is 0 Å². The summed E-state index contributed by atoms with van der Waals surface area (Å²) in [5, 5.41) is 15.8. The summed E-state index contributed by atoms with van der Waals surface area (Å²) in [6.07, 6.45) is -9.18. The molecule has 0 saturated carbocycles.